The first-order valence-corrected chi connectivity index (χ1v) is 9.19. The number of hydrogen-bond donors (Lipinski definition) is 1. The lowest BCUT2D eigenvalue weighted by atomic mass is 10.1. The van der Waals surface area contributed by atoms with Crippen LogP contribution in [0.3, 0.4) is 0 Å². The van der Waals surface area contributed by atoms with E-state index in [4.69, 9.17) is 4.74 Å². The van der Waals surface area contributed by atoms with Crippen molar-refractivity contribution in [1.29, 1.82) is 0 Å². The number of nitrogens with zero attached hydrogens (tertiary/aromatic N) is 2. The molecule has 0 atom stereocenters. The fraction of sp³-hybridized carbons (Fsp3) is 0.182. The first-order valence-electron chi connectivity index (χ1n) is 9.19. The summed E-state index contributed by atoms with van der Waals surface area (Å²) in [5, 5.41) is 2.79. The molecule has 1 saturated heterocycles. The van der Waals surface area contributed by atoms with Crippen molar-refractivity contribution in [2.45, 2.75) is 12.6 Å². The molecule has 0 unspecified atom stereocenters. The summed E-state index contributed by atoms with van der Waals surface area (Å²) in [6.07, 6.45) is 3.45. The van der Waals surface area contributed by atoms with Gasteiger partial charge in [-0.05, 0) is 42.0 Å². The summed E-state index contributed by atoms with van der Waals surface area (Å²) in [6.45, 7) is 1.20. The van der Waals surface area contributed by atoms with E-state index in [1.165, 1.54) is 0 Å². The van der Waals surface area contributed by atoms with Crippen LogP contribution in [0.4, 0.5) is 4.79 Å². The third-order valence-electron chi connectivity index (χ3n) is 4.72. The minimum Gasteiger partial charge on any atom is -0.445 e. The number of carbonyl (C=O) groups is 2. The van der Waals surface area contributed by atoms with Crippen molar-refractivity contribution >= 4 is 12.0 Å². The summed E-state index contributed by atoms with van der Waals surface area (Å²) in [6, 6.07) is 20.8. The van der Waals surface area contributed by atoms with Crippen LogP contribution in [0.5, 0.6) is 0 Å². The highest BCUT2D eigenvalue weighted by molar-refractivity contribution is 5.95. The van der Waals surface area contributed by atoms with Crippen LogP contribution in [0, 0.1) is 0 Å². The number of ether oxygens (including phenoxy) is 1. The third-order valence-corrected chi connectivity index (χ3v) is 4.72. The predicted molar refractivity (Wildman–Crippen MR) is 105 cm³/mol. The van der Waals surface area contributed by atoms with Gasteiger partial charge in [0.05, 0.1) is 6.04 Å². The van der Waals surface area contributed by atoms with E-state index in [0.717, 1.165) is 11.3 Å². The molecule has 3 aromatic rings. The standard InChI is InChI=1S/C22H21N3O3/c26-21(18-8-10-20(11-9-18)24-12-4-5-13-24)25-14-19(15-25)23-22(27)28-16-17-6-2-1-3-7-17/h1-13,19H,14-16H2,(H,23,27). The second-order valence-corrected chi connectivity index (χ2v) is 6.75. The molecular weight excluding hydrogens is 354 g/mol. The Balaban J connectivity index is 1.23. The van der Waals surface area contributed by atoms with Crippen molar-refractivity contribution in [1.82, 2.24) is 14.8 Å². The number of aromatic nitrogens is 1. The maximum Gasteiger partial charge on any atom is 0.407 e. The second kappa shape index (κ2) is 8.00. The maximum atomic E-state index is 12.5. The topological polar surface area (TPSA) is 63.6 Å². The number of alkyl carbamates (subject to hydrolysis) is 1. The van der Waals surface area contributed by atoms with E-state index in [0.29, 0.717) is 18.7 Å². The van der Waals surface area contributed by atoms with Crippen LogP contribution in [-0.2, 0) is 11.3 Å². The zero-order chi connectivity index (χ0) is 19.3. The Hall–Kier alpha value is -3.54. The SMILES string of the molecule is O=C(NC1CN(C(=O)c2ccc(-n3cccc3)cc2)C1)OCc1ccccc1. The fourth-order valence-corrected chi connectivity index (χ4v) is 3.13. The van der Waals surface area contributed by atoms with Gasteiger partial charge in [-0.25, -0.2) is 4.79 Å². The molecule has 1 fully saturated rings. The van der Waals surface area contributed by atoms with Gasteiger partial charge in [-0.1, -0.05) is 30.3 Å². The average Bonchev–Trinajstić information content (AvgIpc) is 3.24. The van der Waals surface area contributed by atoms with Crippen LogP contribution >= 0.6 is 0 Å². The molecule has 1 N–H and O–H groups in total. The Bertz CT molecular complexity index is 931. The second-order valence-electron chi connectivity index (χ2n) is 6.75. The highest BCUT2D eigenvalue weighted by Crippen LogP contribution is 2.16. The largest absolute Gasteiger partial charge is 0.445 e. The van der Waals surface area contributed by atoms with Gasteiger partial charge in [0.15, 0.2) is 0 Å². The van der Waals surface area contributed by atoms with Crippen LogP contribution in [0.1, 0.15) is 15.9 Å². The van der Waals surface area contributed by atoms with E-state index in [9.17, 15) is 9.59 Å². The van der Waals surface area contributed by atoms with Crippen molar-refractivity contribution in [3.63, 3.8) is 0 Å². The number of rotatable bonds is 5. The third kappa shape index (κ3) is 4.06. The molecule has 28 heavy (non-hydrogen) atoms. The van der Waals surface area contributed by atoms with Crippen molar-refractivity contribution in [3.05, 3.63) is 90.3 Å². The molecule has 0 bridgehead atoms. The Kier molecular flexibility index (Phi) is 5.10. The Morgan fingerprint density at radius 3 is 2.29 bits per heavy atom. The lowest BCUT2D eigenvalue weighted by Crippen LogP contribution is -2.61. The molecule has 2 heterocycles. The van der Waals surface area contributed by atoms with Gasteiger partial charge in [0.25, 0.3) is 5.91 Å². The molecular formula is C22H21N3O3. The summed E-state index contributed by atoms with van der Waals surface area (Å²) in [5.41, 5.74) is 2.58. The highest BCUT2D eigenvalue weighted by Gasteiger charge is 2.32. The van der Waals surface area contributed by atoms with Crippen molar-refractivity contribution in [2.75, 3.05) is 13.1 Å². The predicted octanol–water partition coefficient (Wildman–Crippen LogP) is 3.23. The minimum absolute atomic E-state index is 0.0326. The lowest BCUT2D eigenvalue weighted by Gasteiger charge is -2.39. The zero-order valence-electron chi connectivity index (χ0n) is 15.3. The molecule has 1 aliphatic heterocycles. The molecule has 142 valence electrons. The van der Waals surface area contributed by atoms with Gasteiger partial charge < -0.3 is 19.5 Å². The number of benzene rings is 2. The molecule has 0 radical (unpaired) electrons. The monoisotopic (exact) mass is 375 g/mol. The van der Waals surface area contributed by atoms with Crippen LogP contribution < -0.4 is 5.32 Å². The van der Waals surface area contributed by atoms with Gasteiger partial charge in [-0.2, -0.15) is 0 Å². The van der Waals surface area contributed by atoms with Gasteiger partial charge in [0.1, 0.15) is 6.61 Å². The lowest BCUT2D eigenvalue weighted by molar-refractivity contribution is 0.0545. The summed E-state index contributed by atoms with van der Waals surface area (Å²) >= 11 is 0. The van der Waals surface area contributed by atoms with Gasteiger partial charge in [0.2, 0.25) is 0 Å². The molecule has 4 rings (SSSR count). The van der Waals surface area contributed by atoms with Crippen LogP contribution in [0.2, 0.25) is 0 Å². The molecule has 6 nitrogen and oxygen atoms in total. The van der Waals surface area contributed by atoms with E-state index < -0.39 is 6.09 Å². The van der Waals surface area contributed by atoms with Crippen LogP contribution in [0.15, 0.2) is 79.1 Å². The van der Waals surface area contributed by atoms with Crippen molar-refractivity contribution in [2.24, 2.45) is 0 Å². The zero-order valence-corrected chi connectivity index (χ0v) is 15.3. The first kappa shape index (κ1) is 17.9. The summed E-state index contributed by atoms with van der Waals surface area (Å²) in [7, 11) is 0. The van der Waals surface area contributed by atoms with E-state index >= 15 is 0 Å². The molecule has 0 spiro atoms. The number of likely N-dealkylation sites (tertiary alicyclic amines) is 1. The van der Waals surface area contributed by atoms with Crippen molar-refractivity contribution in [3.8, 4) is 5.69 Å². The number of carbonyl (C=O) groups excluding carboxylic acids is 2. The van der Waals surface area contributed by atoms with Gasteiger partial charge in [0, 0.05) is 36.7 Å². The smallest absolute Gasteiger partial charge is 0.407 e. The summed E-state index contributed by atoms with van der Waals surface area (Å²) in [4.78, 5) is 26.1. The molecule has 1 aliphatic rings. The molecule has 0 aliphatic carbocycles. The molecule has 1 aromatic heterocycles. The Morgan fingerprint density at radius 1 is 0.929 bits per heavy atom. The number of hydrogen-bond acceptors (Lipinski definition) is 3. The number of amides is 2. The van der Waals surface area contributed by atoms with E-state index in [1.54, 1.807) is 4.90 Å². The van der Waals surface area contributed by atoms with Crippen LogP contribution in [0.25, 0.3) is 5.69 Å². The highest BCUT2D eigenvalue weighted by atomic mass is 16.5. The molecule has 6 heteroatoms. The van der Waals surface area contributed by atoms with Gasteiger partial charge in [-0.3, -0.25) is 4.79 Å². The Morgan fingerprint density at radius 2 is 1.61 bits per heavy atom. The normalized spacial score (nSPS) is 13.6. The summed E-state index contributed by atoms with van der Waals surface area (Å²) < 4.78 is 7.19. The van der Waals surface area contributed by atoms with Gasteiger partial charge >= 0.3 is 6.09 Å². The van der Waals surface area contributed by atoms with E-state index in [1.807, 2.05) is 83.7 Å². The van der Waals surface area contributed by atoms with Gasteiger partial charge in [-0.15, -0.1) is 0 Å². The molecule has 2 aromatic carbocycles. The maximum absolute atomic E-state index is 12.5. The first-order chi connectivity index (χ1) is 13.7. The fourth-order valence-electron chi connectivity index (χ4n) is 3.13. The quantitative estimate of drug-likeness (QED) is 0.745. The average molecular weight is 375 g/mol. The van der Waals surface area contributed by atoms with E-state index in [-0.39, 0.29) is 18.6 Å². The number of nitrogens with one attached hydrogen (secondary N) is 1. The van der Waals surface area contributed by atoms with E-state index in [2.05, 4.69) is 5.32 Å². The minimum atomic E-state index is -0.461. The summed E-state index contributed by atoms with van der Waals surface area (Å²) in [5.74, 6) is -0.0326. The van der Waals surface area contributed by atoms with Crippen LogP contribution in [-0.4, -0.2) is 40.6 Å². The Labute approximate surface area is 163 Å². The van der Waals surface area contributed by atoms with Crippen molar-refractivity contribution < 1.29 is 14.3 Å². The molecule has 2 amide bonds. The molecule has 0 saturated carbocycles.